The number of methoxy groups -OCH3 is 1. The number of halogens is 2. The molecule has 29 heavy (non-hydrogen) atoms. The second-order valence-corrected chi connectivity index (χ2v) is 7.59. The summed E-state index contributed by atoms with van der Waals surface area (Å²) in [5, 5.41) is 9.59. The van der Waals surface area contributed by atoms with Crippen LogP contribution in [0.3, 0.4) is 0 Å². The van der Waals surface area contributed by atoms with Crippen molar-refractivity contribution in [1.29, 1.82) is 5.26 Å². The largest absolute Gasteiger partial charge is 0.480 e. The Morgan fingerprint density at radius 3 is 2.59 bits per heavy atom. The highest BCUT2D eigenvalue weighted by Gasteiger charge is 2.18. The van der Waals surface area contributed by atoms with E-state index in [9.17, 15) is 18.1 Å². The van der Waals surface area contributed by atoms with Gasteiger partial charge in [-0.25, -0.2) is 22.8 Å². The first kappa shape index (κ1) is 20.3. The molecule has 0 spiro atoms. The van der Waals surface area contributed by atoms with E-state index in [1.807, 2.05) is 6.07 Å². The second-order valence-electron chi connectivity index (χ2n) is 5.50. The molecule has 2 heterocycles. The van der Waals surface area contributed by atoms with Crippen molar-refractivity contribution in [2.24, 2.45) is 0 Å². The fourth-order valence-electron chi connectivity index (χ4n) is 2.23. The van der Waals surface area contributed by atoms with Gasteiger partial charge >= 0.3 is 0 Å². The van der Waals surface area contributed by atoms with Gasteiger partial charge < -0.3 is 9.47 Å². The summed E-state index contributed by atoms with van der Waals surface area (Å²) in [6.45, 7) is 0. The summed E-state index contributed by atoms with van der Waals surface area (Å²) in [6.07, 6.45) is 2.22. The maximum absolute atomic E-state index is 12.9. The highest BCUT2D eigenvalue weighted by Crippen LogP contribution is 2.31. The van der Waals surface area contributed by atoms with Crippen LogP contribution < -0.4 is 14.2 Å². The molecule has 0 aliphatic carbocycles. The summed E-state index contributed by atoms with van der Waals surface area (Å²) in [5.41, 5.74) is -0.0353. The number of nitrogens with one attached hydrogen (secondary N) is 1. The predicted molar refractivity (Wildman–Crippen MR) is 102 cm³/mol. The number of anilines is 1. The Bertz CT molecular complexity index is 1200. The van der Waals surface area contributed by atoms with Crippen molar-refractivity contribution >= 4 is 27.4 Å². The van der Waals surface area contributed by atoms with Crippen LogP contribution in [0.15, 0.2) is 53.7 Å². The third kappa shape index (κ3) is 4.71. The third-order valence-electron chi connectivity index (χ3n) is 3.55. The van der Waals surface area contributed by atoms with E-state index in [0.717, 1.165) is 18.3 Å². The number of nitrogens with zero attached hydrogens (tertiary/aromatic N) is 3. The molecule has 3 rings (SSSR count). The summed E-state index contributed by atoms with van der Waals surface area (Å²) in [6, 6.07) is 9.28. The first-order valence-electron chi connectivity index (χ1n) is 7.88. The molecule has 0 aliphatic rings. The van der Waals surface area contributed by atoms with E-state index in [4.69, 9.17) is 21.1 Å². The molecule has 0 saturated heterocycles. The van der Waals surface area contributed by atoms with E-state index < -0.39 is 15.8 Å². The summed E-state index contributed by atoms with van der Waals surface area (Å²) < 4.78 is 50.7. The fourth-order valence-corrected chi connectivity index (χ4v) is 3.49. The topological polar surface area (TPSA) is 114 Å². The van der Waals surface area contributed by atoms with Crippen LogP contribution >= 0.6 is 11.6 Å². The average molecular weight is 435 g/mol. The van der Waals surface area contributed by atoms with E-state index in [1.54, 1.807) is 0 Å². The van der Waals surface area contributed by atoms with Gasteiger partial charge in [0.2, 0.25) is 5.88 Å². The van der Waals surface area contributed by atoms with Gasteiger partial charge in [-0.1, -0.05) is 11.6 Å². The lowest BCUT2D eigenvalue weighted by Gasteiger charge is -2.11. The maximum atomic E-state index is 12.9. The molecular weight excluding hydrogens is 423 g/mol. The first-order chi connectivity index (χ1) is 13.8. The number of nitriles is 1. The van der Waals surface area contributed by atoms with Crippen molar-refractivity contribution in [2.45, 2.75) is 4.90 Å². The lowest BCUT2D eigenvalue weighted by Crippen LogP contribution is -2.14. The quantitative estimate of drug-likeness (QED) is 0.628. The van der Waals surface area contributed by atoms with Crippen molar-refractivity contribution in [1.82, 2.24) is 9.97 Å². The lowest BCUT2D eigenvalue weighted by atomic mass is 10.2. The van der Waals surface area contributed by atoms with Crippen LogP contribution in [0.5, 0.6) is 17.4 Å². The molecule has 0 bridgehead atoms. The highest BCUT2D eigenvalue weighted by atomic mass is 35.5. The number of sulfonamides is 1. The smallest absolute Gasteiger partial charge is 0.263 e. The van der Waals surface area contributed by atoms with E-state index >= 15 is 0 Å². The number of rotatable bonds is 6. The Morgan fingerprint density at radius 1 is 1.17 bits per heavy atom. The SMILES string of the molecule is COc1ncc(Oc2ccc(S(=O)(=O)Nc3ccc(F)cn3)cc2C#N)cc1Cl. The summed E-state index contributed by atoms with van der Waals surface area (Å²) in [5.74, 6) is -0.120. The van der Waals surface area contributed by atoms with Crippen LogP contribution in [0.1, 0.15) is 5.56 Å². The second kappa shape index (κ2) is 8.30. The van der Waals surface area contributed by atoms with Gasteiger partial charge in [-0.15, -0.1) is 0 Å². The Labute approximate surface area is 170 Å². The van der Waals surface area contributed by atoms with Crippen molar-refractivity contribution in [3.63, 3.8) is 0 Å². The third-order valence-corrected chi connectivity index (χ3v) is 5.17. The van der Waals surface area contributed by atoms with Crippen LogP contribution in [0.4, 0.5) is 10.2 Å². The molecule has 0 atom stereocenters. The summed E-state index contributed by atoms with van der Waals surface area (Å²) in [4.78, 5) is 7.40. The molecule has 1 aromatic carbocycles. The zero-order valence-electron chi connectivity index (χ0n) is 14.8. The van der Waals surface area contributed by atoms with Gasteiger partial charge in [0.25, 0.3) is 10.0 Å². The number of hydrogen-bond donors (Lipinski definition) is 1. The number of hydrogen-bond acceptors (Lipinski definition) is 7. The van der Waals surface area contributed by atoms with Gasteiger partial charge in [0, 0.05) is 6.07 Å². The van der Waals surface area contributed by atoms with Gasteiger partial charge in [-0.3, -0.25) is 4.72 Å². The molecule has 0 aliphatic heterocycles. The summed E-state index contributed by atoms with van der Waals surface area (Å²) in [7, 11) is -2.64. The number of pyridine rings is 2. The molecule has 0 radical (unpaired) electrons. The molecule has 0 unspecified atom stereocenters. The Morgan fingerprint density at radius 2 is 1.97 bits per heavy atom. The molecule has 0 saturated carbocycles. The Hall–Kier alpha value is -3.42. The minimum Gasteiger partial charge on any atom is -0.480 e. The Kier molecular flexibility index (Phi) is 5.81. The average Bonchev–Trinajstić information content (AvgIpc) is 2.70. The molecule has 1 N–H and O–H groups in total. The standard InChI is InChI=1S/C18H12ClFN4O4S/c1-27-18-15(19)7-13(10-23-18)28-16-4-3-14(6-11(16)8-21)29(25,26)24-17-5-2-12(20)9-22-17/h2-7,9-10H,1H3,(H,22,24). The van der Waals surface area contributed by atoms with E-state index in [1.165, 1.54) is 37.6 Å². The molecule has 8 nitrogen and oxygen atoms in total. The minimum atomic E-state index is -4.06. The van der Waals surface area contributed by atoms with Gasteiger partial charge in [0.1, 0.15) is 34.2 Å². The van der Waals surface area contributed by atoms with Crippen LogP contribution in [0.25, 0.3) is 0 Å². The molecule has 11 heteroatoms. The number of aromatic nitrogens is 2. The zero-order chi connectivity index (χ0) is 21.0. The predicted octanol–water partition coefficient (Wildman–Crippen LogP) is 3.74. The van der Waals surface area contributed by atoms with Crippen LogP contribution in [0.2, 0.25) is 5.02 Å². The van der Waals surface area contributed by atoms with E-state index in [2.05, 4.69) is 14.7 Å². The van der Waals surface area contributed by atoms with E-state index in [0.29, 0.717) is 0 Å². The van der Waals surface area contributed by atoms with Gasteiger partial charge in [0.05, 0.1) is 30.0 Å². The number of benzene rings is 1. The molecule has 148 valence electrons. The molecular formula is C18H12ClFN4O4S. The van der Waals surface area contributed by atoms with Crippen molar-refractivity contribution in [3.05, 3.63) is 65.2 Å². The fraction of sp³-hybridized carbons (Fsp3) is 0.0556. The molecule has 2 aromatic heterocycles. The van der Waals surface area contributed by atoms with Crippen molar-refractivity contribution in [3.8, 4) is 23.4 Å². The van der Waals surface area contributed by atoms with Crippen LogP contribution in [-0.4, -0.2) is 25.5 Å². The van der Waals surface area contributed by atoms with Crippen molar-refractivity contribution in [2.75, 3.05) is 11.8 Å². The molecule has 0 amide bonds. The monoisotopic (exact) mass is 434 g/mol. The van der Waals surface area contributed by atoms with Gasteiger partial charge in [-0.05, 0) is 30.3 Å². The normalized spacial score (nSPS) is 10.8. The number of ether oxygens (including phenoxy) is 2. The van der Waals surface area contributed by atoms with Crippen LogP contribution in [0, 0.1) is 17.1 Å². The van der Waals surface area contributed by atoms with Crippen LogP contribution in [-0.2, 0) is 10.0 Å². The van der Waals surface area contributed by atoms with Gasteiger partial charge in [-0.2, -0.15) is 5.26 Å². The maximum Gasteiger partial charge on any atom is 0.263 e. The molecule has 0 fully saturated rings. The Balaban J connectivity index is 1.87. The van der Waals surface area contributed by atoms with Gasteiger partial charge in [0.15, 0.2) is 0 Å². The summed E-state index contributed by atoms with van der Waals surface area (Å²) >= 11 is 5.99. The molecule has 3 aromatic rings. The first-order valence-corrected chi connectivity index (χ1v) is 9.74. The lowest BCUT2D eigenvalue weighted by molar-refractivity contribution is 0.395. The van der Waals surface area contributed by atoms with E-state index in [-0.39, 0.29) is 38.7 Å². The highest BCUT2D eigenvalue weighted by molar-refractivity contribution is 7.92. The van der Waals surface area contributed by atoms with Crippen molar-refractivity contribution < 1.29 is 22.3 Å². The minimum absolute atomic E-state index is 0.0353. The zero-order valence-corrected chi connectivity index (χ0v) is 16.3.